The zero-order valence-electron chi connectivity index (χ0n) is 15.7. The Hall–Kier alpha value is -1.41. The van der Waals surface area contributed by atoms with E-state index in [2.05, 4.69) is 18.2 Å². The highest BCUT2D eigenvalue weighted by molar-refractivity contribution is 6.31. The van der Waals surface area contributed by atoms with E-state index in [0.717, 1.165) is 42.4 Å². The van der Waals surface area contributed by atoms with Crippen molar-refractivity contribution in [2.24, 2.45) is 0 Å². The summed E-state index contributed by atoms with van der Waals surface area (Å²) in [5.41, 5.74) is 3.02. The van der Waals surface area contributed by atoms with Crippen LogP contribution in [0.15, 0.2) is 72.8 Å². The largest absolute Gasteiger partial charge is 0.0887 e. The molecule has 0 unspecified atom stereocenters. The average molecular weight is 428 g/mol. The molecule has 142 valence electrons. The lowest BCUT2D eigenvalue weighted by Crippen LogP contribution is -2.29. The van der Waals surface area contributed by atoms with Gasteiger partial charge >= 0.3 is 0 Å². The lowest BCUT2D eigenvalue weighted by molar-refractivity contribution is 0.515. The molecule has 0 amide bonds. The van der Waals surface area contributed by atoms with Gasteiger partial charge in [0.2, 0.25) is 0 Å². The molecule has 0 spiro atoms. The van der Waals surface area contributed by atoms with Gasteiger partial charge in [-0.15, -0.1) is 0 Å². The van der Waals surface area contributed by atoms with Gasteiger partial charge in [0, 0.05) is 20.5 Å². The average Bonchev–Trinajstić information content (AvgIpc) is 2.68. The molecule has 0 aliphatic rings. The fraction of sp³-hybridized carbons (Fsp3) is 0.250. The monoisotopic (exact) mass is 426 g/mol. The van der Waals surface area contributed by atoms with Crippen molar-refractivity contribution in [1.82, 2.24) is 0 Å². The van der Waals surface area contributed by atoms with Gasteiger partial charge in [-0.2, -0.15) is 0 Å². The zero-order valence-corrected chi connectivity index (χ0v) is 17.9. The third-order valence-corrected chi connectivity index (χ3v) is 5.91. The standard InChI is InChI=1S/C24H22BCl3/c25-14-3-1-2-13-24(18-7-4-10-21(26)15-18,19-8-5-11-22(27)16-19)20-9-6-12-23(28)17-20/h4-12,15-17H,1-3,13-14H2. The predicted molar refractivity (Wildman–Crippen MR) is 123 cm³/mol. The molecule has 0 aliphatic carbocycles. The van der Waals surface area contributed by atoms with Crippen LogP contribution < -0.4 is 0 Å². The Morgan fingerprint density at radius 2 is 1.04 bits per heavy atom. The van der Waals surface area contributed by atoms with Gasteiger partial charge in [0.25, 0.3) is 0 Å². The van der Waals surface area contributed by atoms with Gasteiger partial charge in [-0.1, -0.05) is 96.8 Å². The van der Waals surface area contributed by atoms with Gasteiger partial charge in [0.1, 0.15) is 0 Å². The lowest BCUT2D eigenvalue weighted by atomic mass is 9.66. The van der Waals surface area contributed by atoms with Crippen molar-refractivity contribution >= 4 is 42.6 Å². The van der Waals surface area contributed by atoms with Crippen LogP contribution in [0.25, 0.3) is 0 Å². The fourth-order valence-corrected chi connectivity index (χ4v) is 4.48. The van der Waals surface area contributed by atoms with Gasteiger partial charge < -0.3 is 0 Å². The molecule has 4 heteroatoms. The van der Waals surface area contributed by atoms with Crippen molar-refractivity contribution < 1.29 is 0 Å². The quantitative estimate of drug-likeness (QED) is 0.193. The Balaban J connectivity index is 2.24. The molecule has 0 saturated carbocycles. The van der Waals surface area contributed by atoms with Crippen LogP contribution in [0.2, 0.25) is 21.4 Å². The second-order valence-electron chi connectivity index (χ2n) is 7.04. The van der Waals surface area contributed by atoms with E-state index in [0.29, 0.717) is 21.4 Å². The van der Waals surface area contributed by atoms with E-state index in [-0.39, 0.29) is 0 Å². The Labute approximate surface area is 184 Å². The summed E-state index contributed by atoms with van der Waals surface area (Å²) in [6.45, 7) is 0. The normalized spacial score (nSPS) is 11.5. The third kappa shape index (κ3) is 4.77. The molecule has 0 fully saturated rings. The topological polar surface area (TPSA) is 0 Å². The van der Waals surface area contributed by atoms with Gasteiger partial charge in [-0.25, -0.2) is 0 Å². The minimum Gasteiger partial charge on any atom is -0.0887 e. The van der Waals surface area contributed by atoms with Crippen LogP contribution in [0.1, 0.15) is 42.4 Å². The molecule has 0 bridgehead atoms. The van der Waals surface area contributed by atoms with Gasteiger partial charge in [0.05, 0.1) is 7.85 Å². The summed E-state index contributed by atoms with van der Waals surface area (Å²) in [5.74, 6) is 0. The zero-order chi connectivity index (χ0) is 20.0. The second kappa shape index (κ2) is 9.88. The minimum atomic E-state index is -0.394. The summed E-state index contributed by atoms with van der Waals surface area (Å²) >= 11 is 19.2. The van der Waals surface area contributed by atoms with E-state index >= 15 is 0 Å². The number of unbranched alkanes of at least 4 members (excludes halogenated alkanes) is 2. The van der Waals surface area contributed by atoms with Gasteiger partial charge in [-0.3, -0.25) is 0 Å². The molecule has 0 aliphatic heterocycles. The van der Waals surface area contributed by atoms with E-state index in [1.165, 1.54) is 0 Å². The minimum absolute atomic E-state index is 0.394. The van der Waals surface area contributed by atoms with Crippen LogP contribution in [0.5, 0.6) is 0 Å². The summed E-state index contributed by atoms with van der Waals surface area (Å²) in [5, 5.41) is 2.15. The second-order valence-corrected chi connectivity index (χ2v) is 8.35. The molecule has 0 aromatic heterocycles. The third-order valence-electron chi connectivity index (χ3n) is 5.21. The number of benzene rings is 3. The highest BCUT2D eigenvalue weighted by Gasteiger charge is 2.36. The van der Waals surface area contributed by atoms with Gasteiger partial charge in [0.15, 0.2) is 0 Å². The van der Waals surface area contributed by atoms with E-state index in [1.807, 2.05) is 54.6 Å². The molecule has 0 heterocycles. The fourth-order valence-electron chi connectivity index (χ4n) is 3.91. The van der Waals surface area contributed by atoms with Crippen LogP contribution in [0.3, 0.4) is 0 Å². The van der Waals surface area contributed by atoms with Gasteiger partial charge in [-0.05, 0) is 59.5 Å². The van der Waals surface area contributed by atoms with Crippen LogP contribution in [0.4, 0.5) is 0 Å². The molecule has 3 rings (SSSR count). The molecule has 0 atom stereocenters. The molecular weight excluding hydrogens is 405 g/mol. The van der Waals surface area contributed by atoms with Crippen LogP contribution in [-0.2, 0) is 5.41 Å². The maximum absolute atomic E-state index is 6.40. The van der Waals surface area contributed by atoms with Crippen LogP contribution >= 0.6 is 34.8 Å². The van der Waals surface area contributed by atoms with Crippen molar-refractivity contribution in [1.29, 1.82) is 0 Å². The summed E-state index contributed by atoms with van der Waals surface area (Å²) in [4.78, 5) is 0. The Kier molecular flexibility index (Phi) is 7.52. The first-order chi connectivity index (χ1) is 13.6. The lowest BCUT2D eigenvalue weighted by Gasteiger charge is -2.36. The van der Waals surface area contributed by atoms with E-state index in [1.54, 1.807) is 0 Å². The molecule has 3 aromatic carbocycles. The van der Waals surface area contributed by atoms with E-state index < -0.39 is 5.41 Å². The van der Waals surface area contributed by atoms with Crippen molar-refractivity contribution in [3.8, 4) is 0 Å². The Morgan fingerprint density at radius 1 is 0.607 bits per heavy atom. The first-order valence-corrected chi connectivity index (χ1v) is 10.7. The highest BCUT2D eigenvalue weighted by Crippen LogP contribution is 2.45. The molecule has 0 saturated heterocycles. The molecule has 0 nitrogen and oxygen atoms in total. The maximum atomic E-state index is 6.40. The van der Waals surface area contributed by atoms with Crippen molar-refractivity contribution in [2.45, 2.75) is 37.4 Å². The SMILES string of the molecule is [B]CCCCCC(c1cccc(Cl)c1)(c1cccc(Cl)c1)c1cccc(Cl)c1. The molecule has 2 radical (unpaired) electrons. The number of hydrogen-bond donors (Lipinski definition) is 0. The predicted octanol–water partition coefficient (Wildman–Crippen LogP) is 8.13. The first kappa shape index (κ1) is 21.3. The van der Waals surface area contributed by atoms with Crippen LogP contribution in [0, 0.1) is 0 Å². The molecule has 3 aromatic rings. The van der Waals surface area contributed by atoms with E-state index in [4.69, 9.17) is 42.6 Å². The first-order valence-electron chi connectivity index (χ1n) is 9.54. The Morgan fingerprint density at radius 3 is 1.39 bits per heavy atom. The number of halogens is 3. The molecule has 0 N–H and O–H groups in total. The summed E-state index contributed by atoms with van der Waals surface area (Å²) < 4.78 is 0. The Bertz CT molecular complexity index is 812. The van der Waals surface area contributed by atoms with Crippen molar-refractivity contribution in [3.63, 3.8) is 0 Å². The molecular formula is C24H22BCl3. The van der Waals surface area contributed by atoms with Crippen LogP contribution in [-0.4, -0.2) is 7.85 Å². The summed E-state index contributed by atoms with van der Waals surface area (Å²) in [7, 11) is 5.72. The smallest absolute Gasteiger partial charge is 0.0653 e. The summed E-state index contributed by atoms with van der Waals surface area (Å²) in [6.07, 6.45) is 4.73. The van der Waals surface area contributed by atoms with E-state index in [9.17, 15) is 0 Å². The number of rotatable bonds is 8. The highest BCUT2D eigenvalue weighted by atomic mass is 35.5. The molecule has 28 heavy (non-hydrogen) atoms. The number of hydrogen-bond acceptors (Lipinski definition) is 0. The van der Waals surface area contributed by atoms with Crippen molar-refractivity contribution in [3.05, 3.63) is 105 Å². The summed E-state index contributed by atoms with van der Waals surface area (Å²) in [6, 6.07) is 24.3. The maximum Gasteiger partial charge on any atom is 0.0653 e. The van der Waals surface area contributed by atoms with Crippen molar-refractivity contribution in [2.75, 3.05) is 0 Å².